The van der Waals surface area contributed by atoms with Crippen molar-refractivity contribution in [3.8, 4) is 0 Å². The molecule has 0 fully saturated rings. The number of hydrogen-bond donors (Lipinski definition) is 2. The summed E-state index contributed by atoms with van der Waals surface area (Å²) in [5.74, 6) is -1.34. The number of aromatic nitrogens is 1. The Morgan fingerprint density at radius 2 is 2.10 bits per heavy atom. The zero-order valence-electron chi connectivity index (χ0n) is 11.8. The smallest absolute Gasteiger partial charge is 0.326 e. The Morgan fingerprint density at radius 1 is 1.40 bits per heavy atom. The highest BCUT2D eigenvalue weighted by Gasteiger charge is 2.16. The van der Waals surface area contributed by atoms with Crippen molar-refractivity contribution in [2.24, 2.45) is 0 Å². The standard InChI is InChI=1S/C14H20N2O4/c1-3-11(14(19)20)15-12(17)7-5-9-16-10(2)6-4-8-13(16)18/h4,6,8,11H,3,5,7,9H2,1-2H3,(H,15,17)(H,19,20). The van der Waals surface area contributed by atoms with Crippen LogP contribution in [-0.4, -0.2) is 27.6 Å². The number of aryl methyl sites for hydroxylation is 1. The summed E-state index contributed by atoms with van der Waals surface area (Å²) >= 11 is 0. The lowest BCUT2D eigenvalue weighted by Crippen LogP contribution is -2.40. The molecule has 110 valence electrons. The van der Waals surface area contributed by atoms with Crippen LogP contribution in [0.4, 0.5) is 0 Å². The first-order valence-electron chi connectivity index (χ1n) is 6.64. The number of carboxylic acids is 1. The molecule has 1 heterocycles. The van der Waals surface area contributed by atoms with E-state index in [0.717, 1.165) is 5.69 Å². The van der Waals surface area contributed by atoms with Gasteiger partial charge < -0.3 is 15.0 Å². The van der Waals surface area contributed by atoms with E-state index in [2.05, 4.69) is 5.32 Å². The van der Waals surface area contributed by atoms with Crippen molar-refractivity contribution in [2.75, 3.05) is 0 Å². The number of rotatable bonds is 7. The van der Waals surface area contributed by atoms with Crippen LogP contribution < -0.4 is 10.9 Å². The van der Waals surface area contributed by atoms with Crippen LogP contribution in [0.5, 0.6) is 0 Å². The van der Waals surface area contributed by atoms with Crippen LogP contribution in [-0.2, 0) is 16.1 Å². The van der Waals surface area contributed by atoms with Crippen molar-refractivity contribution in [3.63, 3.8) is 0 Å². The average molecular weight is 280 g/mol. The molecule has 1 aromatic rings. The molecule has 0 aliphatic heterocycles. The molecule has 0 spiro atoms. The molecule has 20 heavy (non-hydrogen) atoms. The van der Waals surface area contributed by atoms with Gasteiger partial charge in [-0.3, -0.25) is 9.59 Å². The maximum absolute atomic E-state index is 11.6. The van der Waals surface area contributed by atoms with Crippen LogP contribution >= 0.6 is 0 Å². The zero-order chi connectivity index (χ0) is 15.1. The molecule has 1 amide bonds. The molecule has 6 heteroatoms. The Kier molecular flexibility index (Phi) is 5.96. The minimum absolute atomic E-state index is 0.0950. The van der Waals surface area contributed by atoms with Crippen molar-refractivity contribution < 1.29 is 14.7 Å². The van der Waals surface area contributed by atoms with Crippen LogP contribution in [0.3, 0.4) is 0 Å². The van der Waals surface area contributed by atoms with Gasteiger partial charge in [0.05, 0.1) is 0 Å². The van der Waals surface area contributed by atoms with Crippen LogP contribution in [0, 0.1) is 6.92 Å². The maximum atomic E-state index is 11.6. The van der Waals surface area contributed by atoms with Gasteiger partial charge in [-0.15, -0.1) is 0 Å². The molecule has 1 atom stereocenters. The highest BCUT2D eigenvalue weighted by molar-refractivity contribution is 5.83. The number of amides is 1. The third kappa shape index (κ3) is 4.53. The van der Waals surface area contributed by atoms with Gasteiger partial charge in [-0.05, 0) is 25.8 Å². The minimum atomic E-state index is -1.03. The van der Waals surface area contributed by atoms with Crippen LogP contribution in [0.25, 0.3) is 0 Å². The number of carbonyl (C=O) groups excluding carboxylic acids is 1. The molecule has 2 N–H and O–H groups in total. The average Bonchev–Trinajstić information content (AvgIpc) is 2.39. The van der Waals surface area contributed by atoms with Gasteiger partial charge >= 0.3 is 5.97 Å². The third-order valence-corrected chi connectivity index (χ3v) is 3.10. The number of nitrogens with one attached hydrogen (secondary N) is 1. The molecule has 0 radical (unpaired) electrons. The second-order valence-electron chi connectivity index (χ2n) is 4.63. The van der Waals surface area contributed by atoms with E-state index >= 15 is 0 Å². The van der Waals surface area contributed by atoms with Crippen molar-refractivity contribution in [1.29, 1.82) is 0 Å². The summed E-state index contributed by atoms with van der Waals surface area (Å²) in [6.07, 6.45) is 1.04. The monoisotopic (exact) mass is 280 g/mol. The summed E-state index contributed by atoms with van der Waals surface area (Å²) in [5, 5.41) is 11.3. The first kappa shape index (κ1) is 15.9. The summed E-state index contributed by atoms with van der Waals surface area (Å²) in [7, 11) is 0. The van der Waals surface area contributed by atoms with Gasteiger partial charge in [0, 0.05) is 24.7 Å². The second kappa shape index (κ2) is 7.47. The lowest BCUT2D eigenvalue weighted by atomic mass is 10.2. The Bertz CT molecular complexity index is 536. The maximum Gasteiger partial charge on any atom is 0.326 e. The molecular formula is C14H20N2O4. The fourth-order valence-electron chi connectivity index (χ4n) is 1.91. The summed E-state index contributed by atoms with van der Waals surface area (Å²) < 4.78 is 1.60. The first-order valence-corrected chi connectivity index (χ1v) is 6.64. The summed E-state index contributed by atoms with van der Waals surface area (Å²) in [4.78, 5) is 34.0. The topological polar surface area (TPSA) is 88.4 Å². The summed E-state index contributed by atoms with van der Waals surface area (Å²) in [5.41, 5.74) is 0.747. The van der Waals surface area contributed by atoms with Crippen LogP contribution in [0.15, 0.2) is 23.0 Å². The number of hydrogen-bond acceptors (Lipinski definition) is 3. The number of aliphatic carboxylic acids is 1. The van der Waals surface area contributed by atoms with Gasteiger partial charge in [0.1, 0.15) is 6.04 Å². The van der Waals surface area contributed by atoms with E-state index < -0.39 is 12.0 Å². The molecule has 6 nitrogen and oxygen atoms in total. The van der Waals surface area contributed by atoms with Gasteiger partial charge in [0.2, 0.25) is 5.91 Å². The molecule has 1 unspecified atom stereocenters. The number of carboxylic acid groups (broad SMARTS) is 1. The fourth-order valence-corrected chi connectivity index (χ4v) is 1.91. The van der Waals surface area contributed by atoms with Crippen molar-refractivity contribution in [3.05, 3.63) is 34.2 Å². The van der Waals surface area contributed by atoms with E-state index in [-0.39, 0.29) is 17.9 Å². The Hall–Kier alpha value is -2.11. The number of pyridine rings is 1. The largest absolute Gasteiger partial charge is 0.480 e. The zero-order valence-corrected chi connectivity index (χ0v) is 11.8. The first-order chi connectivity index (χ1) is 9.45. The summed E-state index contributed by atoms with van der Waals surface area (Å²) in [6.45, 7) is 3.98. The van der Waals surface area contributed by atoms with Crippen molar-refractivity contribution >= 4 is 11.9 Å². The normalized spacial score (nSPS) is 11.9. The number of carbonyl (C=O) groups is 2. The molecule has 0 aliphatic carbocycles. The molecule has 0 aliphatic rings. The molecule has 0 saturated heterocycles. The third-order valence-electron chi connectivity index (χ3n) is 3.10. The van der Waals surface area contributed by atoms with Crippen LogP contribution in [0.1, 0.15) is 31.9 Å². The molecular weight excluding hydrogens is 260 g/mol. The SMILES string of the molecule is CCC(NC(=O)CCCn1c(C)cccc1=O)C(=O)O. The molecule has 0 saturated carbocycles. The van der Waals surface area contributed by atoms with E-state index in [1.807, 2.05) is 13.0 Å². The van der Waals surface area contributed by atoms with Crippen molar-refractivity contribution in [1.82, 2.24) is 9.88 Å². The van der Waals surface area contributed by atoms with Gasteiger partial charge in [0.15, 0.2) is 0 Å². The second-order valence-corrected chi connectivity index (χ2v) is 4.63. The van der Waals surface area contributed by atoms with E-state index in [9.17, 15) is 14.4 Å². The molecule has 0 aromatic carbocycles. The predicted octanol–water partition coefficient (Wildman–Crippen LogP) is 0.916. The Labute approximate surface area is 117 Å². The fraction of sp³-hybridized carbons (Fsp3) is 0.500. The van der Waals surface area contributed by atoms with Gasteiger partial charge in [-0.2, -0.15) is 0 Å². The molecule has 1 rings (SSSR count). The number of nitrogens with zero attached hydrogens (tertiary/aromatic N) is 1. The Balaban J connectivity index is 2.46. The van der Waals surface area contributed by atoms with E-state index in [0.29, 0.717) is 19.4 Å². The Morgan fingerprint density at radius 3 is 2.65 bits per heavy atom. The van der Waals surface area contributed by atoms with E-state index in [4.69, 9.17) is 5.11 Å². The van der Waals surface area contributed by atoms with Crippen LogP contribution in [0.2, 0.25) is 0 Å². The van der Waals surface area contributed by atoms with Gasteiger partial charge in [0.25, 0.3) is 5.56 Å². The molecule has 1 aromatic heterocycles. The highest BCUT2D eigenvalue weighted by atomic mass is 16.4. The predicted molar refractivity (Wildman–Crippen MR) is 74.5 cm³/mol. The van der Waals surface area contributed by atoms with Gasteiger partial charge in [-0.25, -0.2) is 4.79 Å². The quantitative estimate of drug-likeness (QED) is 0.777. The van der Waals surface area contributed by atoms with Gasteiger partial charge in [-0.1, -0.05) is 13.0 Å². The lowest BCUT2D eigenvalue weighted by molar-refractivity contribution is -0.141. The molecule has 0 bridgehead atoms. The van der Waals surface area contributed by atoms with Crippen molar-refractivity contribution in [2.45, 2.75) is 45.7 Å². The highest BCUT2D eigenvalue weighted by Crippen LogP contribution is 1.99. The van der Waals surface area contributed by atoms with E-state index in [1.54, 1.807) is 17.6 Å². The summed E-state index contributed by atoms with van der Waals surface area (Å²) in [6, 6.07) is 4.16. The van der Waals surface area contributed by atoms with E-state index in [1.165, 1.54) is 6.07 Å². The minimum Gasteiger partial charge on any atom is -0.480 e. The lowest BCUT2D eigenvalue weighted by Gasteiger charge is -2.13.